The third-order valence-corrected chi connectivity index (χ3v) is 4.42. The van der Waals surface area contributed by atoms with Gasteiger partial charge in [-0.1, -0.05) is 35.3 Å². The summed E-state index contributed by atoms with van der Waals surface area (Å²) in [5.74, 6) is -0.614. The highest BCUT2D eigenvalue weighted by Gasteiger charge is 2.48. The topological polar surface area (TPSA) is 75.6 Å². The van der Waals surface area contributed by atoms with Gasteiger partial charge in [-0.2, -0.15) is 0 Å². The second-order valence-corrected chi connectivity index (χ2v) is 6.30. The number of fused-ring (bicyclic) bond motifs is 1. The minimum Gasteiger partial charge on any atom is -0.497 e. The first-order valence-corrected chi connectivity index (χ1v) is 7.81. The number of anilines is 1. The van der Waals surface area contributed by atoms with Gasteiger partial charge < -0.3 is 15.2 Å². The third-order valence-electron chi connectivity index (χ3n) is 3.90. The zero-order valence-electron chi connectivity index (χ0n) is 12.6. The van der Waals surface area contributed by atoms with E-state index in [-0.39, 0.29) is 10.6 Å². The van der Waals surface area contributed by atoms with E-state index in [1.165, 1.54) is 19.2 Å². The van der Waals surface area contributed by atoms with Gasteiger partial charge >= 0.3 is 0 Å². The van der Waals surface area contributed by atoms with Crippen LogP contribution in [0.5, 0.6) is 5.75 Å². The summed E-state index contributed by atoms with van der Waals surface area (Å²) in [5.41, 5.74) is -1.25. The molecule has 1 aliphatic rings. The number of carbonyl (C=O) groups excluding carboxylic acids is 2. The van der Waals surface area contributed by atoms with E-state index in [4.69, 9.17) is 27.9 Å². The van der Waals surface area contributed by atoms with Crippen LogP contribution in [0.3, 0.4) is 0 Å². The molecular formula is C17H13Cl2NO4. The number of aliphatic hydroxyl groups is 1. The van der Waals surface area contributed by atoms with E-state index in [0.717, 1.165) is 0 Å². The van der Waals surface area contributed by atoms with Gasteiger partial charge in [0, 0.05) is 16.1 Å². The van der Waals surface area contributed by atoms with Crippen LogP contribution >= 0.6 is 23.2 Å². The highest BCUT2D eigenvalue weighted by molar-refractivity contribution is 6.36. The van der Waals surface area contributed by atoms with Gasteiger partial charge in [-0.15, -0.1) is 0 Å². The molecule has 1 aliphatic heterocycles. The smallest absolute Gasteiger partial charge is 0.261 e. The van der Waals surface area contributed by atoms with E-state index in [2.05, 4.69) is 5.32 Å². The number of ketones is 1. The quantitative estimate of drug-likeness (QED) is 0.814. The van der Waals surface area contributed by atoms with Gasteiger partial charge in [0.25, 0.3) is 5.91 Å². The number of ether oxygens (including phenoxy) is 1. The van der Waals surface area contributed by atoms with Gasteiger partial charge in [-0.05, 0) is 24.3 Å². The van der Waals surface area contributed by atoms with Crippen LogP contribution in [0.1, 0.15) is 22.3 Å². The fraction of sp³-hybridized carbons (Fsp3) is 0.176. The molecule has 0 saturated heterocycles. The molecule has 7 heteroatoms. The highest BCUT2D eigenvalue weighted by atomic mass is 35.5. The molecule has 0 bridgehead atoms. The number of rotatable bonds is 4. The molecule has 0 aliphatic carbocycles. The molecule has 3 rings (SSSR count). The van der Waals surface area contributed by atoms with Crippen LogP contribution in [0, 0.1) is 0 Å². The SMILES string of the molecule is COc1cccc(C(=O)C[C@@]2(O)C(=O)Nc3cc(Cl)cc(Cl)c32)c1. The van der Waals surface area contributed by atoms with E-state index in [1.54, 1.807) is 24.3 Å². The van der Waals surface area contributed by atoms with E-state index in [1.807, 2.05) is 0 Å². The summed E-state index contributed by atoms with van der Waals surface area (Å²) < 4.78 is 5.08. The lowest BCUT2D eigenvalue weighted by Gasteiger charge is -2.21. The molecule has 124 valence electrons. The predicted molar refractivity (Wildman–Crippen MR) is 90.9 cm³/mol. The van der Waals surface area contributed by atoms with E-state index in [0.29, 0.717) is 22.0 Å². The molecule has 5 nitrogen and oxygen atoms in total. The standard InChI is InChI=1S/C17H13Cl2NO4/c1-24-11-4-2-3-9(5-11)14(21)8-17(23)15-12(19)6-10(18)7-13(15)20-16(17)22/h2-7,23H,8H2,1H3,(H,20,22)/t17-/m0/s1. The van der Waals surface area contributed by atoms with Crippen LogP contribution in [-0.4, -0.2) is 23.9 Å². The maximum atomic E-state index is 12.5. The zero-order chi connectivity index (χ0) is 17.5. The van der Waals surface area contributed by atoms with Crippen LogP contribution in [0.2, 0.25) is 10.0 Å². The molecule has 1 amide bonds. The van der Waals surface area contributed by atoms with Crippen LogP contribution in [-0.2, 0) is 10.4 Å². The molecule has 0 aromatic heterocycles. The molecule has 2 N–H and O–H groups in total. The molecule has 0 fully saturated rings. The van der Waals surface area contributed by atoms with Gasteiger partial charge in [-0.25, -0.2) is 0 Å². The van der Waals surface area contributed by atoms with Crippen molar-refractivity contribution in [3.8, 4) is 5.75 Å². The van der Waals surface area contributed by atoms with Gasteiger partial charge in [0.15, 0.2) is 11.4 Å². The van der Waals surface area contributed by atoms with Crippen molar-refractivity contribution in [3.63, 3.8) is 0 Å². The fourth-order valence-electron chi connectivity index (χ4n) is 2.73. The second kappa shape index (κ2) is 6.09. The summed E-state index contributed by atoms with van der Waals surface area (Å²) in [4.78, 5) is 24.8. The largest absolute Gasteiger partial charge is 0.497 e. The van der Waals surface area contributed by atoms with Crippen LogP contribution < -0.4 is 10.1 Å². The average molecular weight is 366 g/mol. The summed E-state index contributed by atoms with van der Waals surface area (Å²) >= 11 is 12.0. The summed E-state index contributed by atoms with van der Waals surface area (Å²) in [6, 6.07) is 9.39. The number of hydrogen-bond donors (Lipinski definition) is 2. The van der Waals surface area contributed by atoms with E-state index >= 15 is 0 Å². The third kappa shape index (κ3) is 2.75. The number of Topliss-reactive ketones (excluding diaryl/α,β-unsaturated/α-hetero) is 1. The van der Waals surface area contributed by atoms with Gasteiger partial charge in [0.1, 0.15) is 5.75 Å². The number of hydrogen-bond acceptors (Lipinski definition) is 4. The molecule has 1 heterocycles. The van der Waals surface area contributed by atoms with E-state index in [9.17, 15) is 14.7 Å². The Hall–Kier alpha value is -2.08. The molecule has 2 aromatic rings. The maximum absolute atomic E-state index is 12.5. The number of nitrogens with one attached hydrogen (secondary N) is 1. The monoisotopic (exact) mass is 365 g/mol. The van der Waals surface area contributed by atoms with Gasteiger partial charge in [-0.3, -0.25) is 9.59 Å². The fourth-order valence-corrected chi connectivity index (χ4v) is 3.38. The minimum atomic E-state index is -2.04. The summed E-state index contributed by atoms with van der Waals surface area (Å²) in [5, 5.41) is 13.8. The first-order valence-electron chi connectivity index (χ1n) is 7.06. The number of amides is 1. The molecule has 0 unspecified atom stereocenters. The zero-order valence-corrected chi connectivity index (χ0v) is 14.1. The van der Waals surface area contributed by atoms with Crippen molar-refractivity contribution in [2.45, 2.75) is 12.0 Å². The van der Waals surface area contributed by atoms with Crippen LogP contribution in [0.25, 0.3) is 0 Å². The van der Waals surface area contributed by atoms with Gasteiger partial charge in [0.05, 0.1) is 24.2 Å². The Bertz CT molecular complexity index is 852. The molecule has 2 aromatic carbocycles. The molecule has 24 heavy (non-hydrogen) atoms. The van der Waals surface area contributed by atoms with Crippen molar-refractivity contribution < 1.29 is 19.4 Å². The van der Waals surface area contributed by atoms with Crippen LogP contribution in [0.4, 0.5) is 5.69 Å². The van der Waals surface area contributed by atoms with Crippen molar-refractivity contribution in [2.24, 2.45) is 0 Å². The Balaban J connectivity index is 1.98. The van der Waals surface area contributed by atoms with E-state index < -0.39 is 23.7 Å². The Kier molecular flexibility index (Phi) is 4.25. The lowest BCUT2D eigenvalue weighted by atomic mass is 9.88. The number of methoxy groups -OCH3 is 1. The lowest BCUT2D eigenvalue weighted by Crippen LogP contribution is -2.36. The highest BCUT2D eigenvalue weighted by Crippen LogP contribution is 2.44. The predicted octanol–water partition coefficient (Wildman–Crippen LogP) is 3.41. The summed E-state index contributed by atoms with van der Waals surface area (Å²) in [6.45, 7) is 0. The molecule has 0 radical (unpaired) electrons. The Labute approximate surface area is 148 Å². The Morgan fingerprint density at radius 3 is 2.75 bits per heavy atom. The van der Waals surface area contributed by atoms with Crippen molar-refractivity contribution in [2.75, 3.05) is 12.4 Å². The molecular weight excluding hydrogens is 353 g/mol. The number of benzene rings is 2. The number of halogens is 2. The summed E-state index contributed by atoms with van der Waals surface area (Å²) in [7, 11) is 1.49. The van der Waals surface area contributed by atoms with Gasteiger partial charge in [0.2, 0.25) is 0 Å². The average Bonchev–Trinajstić information content (AvgIpc) is 2.77. The Morgan fingerprint density at radius 2 is 2.04 bits per heavy atom. The first kappa shape index (κ1) is 16.8. The Morgan fingerprint density at radius 1 is 1.29 bits per heavy atom. The van der Waals surface area contributed by atoms with Crippen molar-refractivity contribution in [1.29, 1.82) is 0 Å². The first-order chi connectivity index (χ1) is 11.3. The lowest BCUT2D eigenvalue weighted by molar-refractivity contribution is -0.133. The minimum absolute atomic E-state index is 0.122. The second-order valence-electron chi connectivity index (χ2n) is 5.46. The van der Waals surface area contributed by atoms with Crippen molar-refractivity contribution in [1.82, 2.24) is 0 Å². The van der Waals surface area contributed by atoms with Crippen molar-refractivity contribution >= 4 is 40.6 Å². The summed E-state index contributed by atoms with van der Waals surface area (Å²) in [6.07, 6.45) is -0.444. The normalized spacial score (nSPS) is 18.9. The molecule has 1 atom stereocenters. The molecule has 0 saturated carbocycles. The van der Waals surface area contributed by atoms with Crippen LogP contribution in [0.15, 0.2) is 36.4 Å². The maximum Gasteiger partial charge on any atom is 0.261 e. The molecule has 0 spiro atoms. The van der Waals surface area contributed by atoms with Crippen molar-refractivity contribution in [3.05, 3.63) is 57.6 Å². The number of carbonyl (C=O) groups is 2.